The molecule has 1 saturated heterocycles. The number of ketones is 1. The van der Waals surface area contributed by atoms with Crippen LogP contribution in [0.4, 0.5) is 0 Å². The van der Waals surface area contributed by atoms with Gasteiger partial charge in [0.1, 0.15) is 0 Å². The highest BCUT2D eigenvalue weighted by Gasteiger charge is 2.39. The maximum absolute atomic E-state index is 12.9. The van der Waals surface area contributed by atoms with Crippen LogP contribution < -0.4 is 0 Å². The standard InChI is InChI=1S/C16H26ClN3O/c1-5-12-15(17)13(19(4)18-12)11-14(21)16(3,6-2)20-9-7-8-10-20/h5-11H2,1-4H3. The minimum atomic E-state index is -0.378. The summed E-state index contributed by atoms with van der Waals surface area (Å²) < 4.78 is 1.76. The maximum Gasteiger partial charge on any atom is 0.158 e. The molecule has 0 radical (unpaired) electrons. The Kier molecular flexibility index (Phi) is 5.10. The van der Waals surface area contributed by atoms with E-state index < -0.39 is 0 Å². The van der Waals surface area contributed by atoms with Crippen molar-refractivity contribution in [2.45, 2.75) is 58.4 Å². The first-order valence-corrected chi connectivity index (χ1v) is 8.30. The number of rotatable bonds is 6. The van der Waals surface area contributed by atoms with Crippen LogP contribution >= 0.6 is 11.6 Å². The summed E-state index contributed by atoms with van der Waals surface area (Å²) in [4.78, 5) is 15.2. The van der Waals surface area contributed by atoms with Crippen molar-refractivity contribution in [3.8, 4) is 0 Å². The van der Waals surface area contributed by atoms with Gasteiger partial charge in [0.05, 0.1) is 28.4 Å². The molecular formula is C16H26ClN3O. The van der Waals surface area contributed by atoms with Gasteiger partial charge in [0.15, 0.2) is 5.78 Å². The van der Waals surface area contributed by atoms with E-state index in [2.05, 4.69) is 23.8 Å². The largest absolute Gasteiger partial charge is 0.297 e. The summed E-state index contributed by atoms with van der Waals surface area (Å²) in [5, 5.41) is 5.07. The average molecular weight is 312 g/mol. The Hall–Kier alpha value is -0.870. The Balaban J connectivity index is 2.21. The van der Waals surface area contributed by atoms with Crippen LogP contribution in [0.5, 0.6) is 0 Å². The molecule has 0 saturated carbocycles. The average Bonchev–Trinajstić information content (AvgIpc) is 3.10. The van der Waals surface area contributed by atoms with Crippen LogP contribution in [0.3, 0.4) is 0 Å². The van der Waals surface area contributed by atoms with E-state index >= 15 is 0 Å². The molecule has 1 aliphatic rings. The molecule has 1 unspecified atom stereocenters. The number of hydrogen-bond donors (Lipinski definition) is 0. The quantitative estimate of drug-likeness (QED) is 0.810. The SMILES string of the molecule is CCc1nn(C)c(CC(=O)C(C)(CC)N2CCCC2)c1Cl. The van der Waals surface area contributed by atoms with Crippen molar-refractivity contribution in [1.29, 1.82) is 0 Å². The lowest BCUT2D eigenvalue weighted by atomic mass is 9.88. The van der Waals surface area contributed by atoms with E-state index in [1.54, 1.807) is 4.68 Å². The summed E-state index contributed by atoms with van der Waals surface area (Å²) in [5.41, 5.74) is 1.34. The van der Waals surface area contributed by atoms with Gasteiger partial charge in [0, 0.05) is 7.05 Å². The number of nitrogens with zero attached hydrogens (tertiary/aromatic N) is 3. The molecule has 2 heterocycles. The third kappa shape index (κ3) is 3.02. The molecule has 0 spiro atoms. The fourth-order valence-electron chi connectivity index (χ4n) is 3.16. The van der Waals surface area contributed by atoms with E-state index in [-0.39, 0.29) is 11.3 Å². The zero-order chi connectivity index (χ0) is 15.6. The van der Waals surface area contributed by atoms with Crippen molar-refractivity contribution in [1.82, 2.24) is 14.7 Å². The molecule has 0 aromatic carbocycles. The van der Waals surface area contributed by atoms with Crippen LogP contribution in [0.2, 0.25) is 5.02 Å². The summed E-state index contributed by atoms with van der Waals surface area (Å²) >= 11 is 6.38. The zero-order valence-electron chi connectivity index (χ0n) is 13.6. The molecule has 0 bridgehead atoms. The third-order valence-corrected chi connectivity index (χ3v) is 5.36. The summed E-state index contributed by atoms with van der Waals surface area (Å²) in [6, 6.07) is 0. The van der Waals surface area contributed by atoms with Crippen molar-refractivity contribution < 1.29 is 4.79 Å². The lowest BCUT2D eigenvalue weighted by molar-refractivity contribution is -0.129. The van der Waals surface area contributed by atoms with Crippen LogP contribution in [0.1, 0.15) is 51.4 Å². The number of hydrogen-bond acceptors (Lipinski definition) is 3. The third-order valence-electron chi connectivity index (χ3n) is 4.92. The number of aryl methyl sites for hydroxylation is 2. The fourth-order valence-corrected chi connectivity index (χ4v) is 3.52. The maximum atomic E-state index is 12.9. The van der Waals surface area contributed by atoms with E-state index in [9.17, 15) is 4.79 Å². The van der Waals surface area contributed by atoms with E-state index in [1.165, 1.54) is 12.8 Å². The van der Waals surface area contributed by atoms with Crippen molar-refractivity contribution in [2.75, 3.05) is 13.1 Å². The molecular weight excluding hydrogens is 286 g/mol. The number of aromatic nitrogens is 2. The van der Waals surface area contributed by atoms with E-state index in [4.69, 9.17) is 11.6 Å². The highest BCUT2D eigenvalue weighted by atomic mass is 35.5. The van der Waals surface area contributed by atoms with Crippen molar-refractivity contribution >= 4 is 17.4 Å². The van der Waals surface area contributed by atoms with E-state index in [1.807, 2.05) is 14.0 Å². The van der Waals surface area contributed by atoms with Crippen LogP contribution in [0, 0.1) is 0 Å². The normalized spacial score (nSPS) is 18.9. The fraction of sp³-hybridized carbons (Fsp3) is 0.750. The molecule has 1 aromatic rings. The summed E-state index contributed by atoms with van der Waals surface area (Å²) in [6.07, 6.45) is 4.37. The van der Waals surface area contributed by atoms with Gasteiger partial charge < -0.3 is 0 Å². The number of halogens is 1. The van der Waals surface area contributed by atoms with Crippen LogP contribution in [-0.4, -0.2) is 39.1 Å². The number of carbonyl (C=O) groups excluding carboxylic acids is 1. The van der Waals surface area contributed by atoms with Crippen LogP contribution in [0.15, 0.2) is 0 Å². The topological polar surface area (TPSA) is 38.1 Å². The Labute approximate surface area is 132 Å². The predicted molar refractivity (Wildman–Crippen MR) is 85.8 cm³/mol. The lowest BCUT2D eigenvalue weighted by Gasteiger charge is -2.36. The van der Waals surface area contributed by atoms with Crippen molar-refractivity contribution in [3.05, 3.63) is 16.4 Å². The van der Waals surface area contributed by atoms with Gasteiger partial charge in [-0.25, -0.2) is 0 Å². The summed E-state index contributed by atoms with van der Waals surface area (Å²) in [7, 11) is 1.87. The lowest BCUT2D eigenvalue weighted by Crippen LogP contribution is -2.51. The Morgan fingerprint density at radius 1 is 1.33 bits per heavy atom. The van der Waals surface area contributed by atoms with Gasteiger partial charge >= 0.3 is 0 Å². The molecule has 4 nitrogen and oxygen atoms in total. The number of likely N-dealkylation sites (tertiary alicyclic amines) is 1. The molecule has 1 fully saturated rings. The van der Waals surface area contributed by atoms with Gasteiger partial charge in [-0.15, -0.1) is 0 Å². The first kappa shape index (κ1) is 16.5. The minimum Gasteiger partial charge on any atom is -0.297 e. The van der Waals surface area contributed by atoms with E-state index in [0.29, 0.717) is 11.4 Å². The summed E-state index contributed by atoms with van der Waals surface area (Å²) in [6.45, 7) is 8.25. The molecule has 0 N–H and O–H groups in total. The second-order valence-electron chi connectivity index (χ2n) is 6.11. The van der Waals surface area contributed by atoms with Gasteiger partial charge in [0.25, 0.3) is 0 Å². The Morgan fingerprint density at radius 2 is 1.95 bits per heavy atom. The van der Waals surface area contributed by atoms with Crippen molar-refractivity contribution in [3.63, 3.8) is 0 Å². The first-order chi connectivity index (χ1) is 9.93. The molecule has 1 aliphatic heterocycles. The molecule has 0 aliphatic carbocycles. The molecule has 1 aromatic heterocycles. The second-order valence-corrected chi connectivity index (χ2v) is 6.48. The molecule has 1 atom stereocenters. The first-order valence-electron chi connectivity index (χ1n) is 7.92. The molecule has 21 heavy (non-hydrogen) atoms. The highest BCUT2D eigenvalue weighted by molar-refractivity contribution is 6.32. The summed E-state index contributed by atoms with van der Waals surface area (Å²) in [5.74, 6) is 0.249. The second kappa shape index (κ2) is 6.49. The van der Waals surface area contributed by atoms with Crippen LogP contribution in [0.25, 0.3) is 0 Å². The number of Topliss-reactive ketones (excluding diaryl/α,β-unsaturated/α-hetero) is 1. The molecule has 0 amide bonds. The molecule has 5 heteroatoms. The van der Waals surface area contributed by atoms with Crippen LogP contribution in [-0.2, 0) is 24.7 Å². The minimum absolute atomic E-state index is 0.249. The Bertz CT molecular complexity index is 520. The Morgan fingerprint density at radius 3 is 2.43 bits per heavy atom. The molecule has 2 rings (SSSR count). The number of carbonyl (C=O) groups is 1. The van der Waals surface area contributed by atoms with E-state index in [0.717, 1.165) is 37.3 Å². The molecule has 118 valence electrons. The van der Waals surface area contributed by atoms with Gasteiger partial charge in [-0.05, 0) is 45.7 Å². The predicted octanol–water partition coefficient (Wildman–Crippen LogP) is 3.01. The van der Waals surface area contributed by atoms with Gasteiger partial charge in [-0.1, -0.05) is 25.4 Å². The van der Waals surface area contributed by atoms with Gasteiger partial charge in [0.2, 0.25) is 0 Å². The van der Waals surface area contributed by atoms with Crippen molar-refractivity contribution in [2.24, 2.45) is 7.05 Å². The van der Waals surface area contributed by atoms with Gasteiger partial charge in [-0.3, -0.25) is 14.4 Å². The smallest absolute Gasteiger partial charge is 0.158 e. The zero-order valence-corrected chi connectivity index (χ0v) is 14.3. The monoisotopic (exact) mass is 311 g/mol. The van der Waals surface area contributed by atoms with Gasteiger partial charge in [-0.2, -0.15) is 5.10 Å². The highest BCUT2D eigenvalue weighted by Crippen LogP contribution is 2.29.